The summed E-state index contributed by atoms with van der Waals surface area (Å²) in [5.74, 6) is -0.475. The Kier molecular flexibility index (Phi) is 6.26. The Morgan fingerprint density at radius 2 is 1.70 bits per heavy atom. The van der Waals surface area contributed by atoms with Crippen LogP contribution in [0, 0.1) is 13.8 Å². The van der Waals surface area contributed by atoms with Crippen LogP contribution in [-0.4, -0.2) is 31.6 Å². The third-order valence-corrected chi connectivity index (χ3v) is 5.14. The lowest BCUT2D eigenvalue weighted by molar-refractivity contribution is -0.122. The van der Waals surface area contributed by atoms with Crippen molar-refractivity contribution >= 4 is 45.5 Å². The Morgan fingerprint density at radius 3 is 2.30 bits per heavy atom. The third-order valence-electron chi connectivity index (χ3n) is 4.45. The zero-order chi connectivity index (χ0) is 22.0. The van der Waals surface area contributed by atoms with Gasteiger partial charge in [0.1, 0.15) is 5.57 Å². The first-order valence-electron chi connectivity index (χ1n) is 9.25. The van der Waals surface area contributed by atoms with Crippen LogP contribution < -0.4 is 19.7 Å². The molecule has 0 aliphatic carbocycles. The van der Waals surface area contributed by atoms with Crippen LogP contribution in [0.15, 0.2) is 40.4 Å². The van der Waals surface area contributed by atoms with Crippen molar-refractivity contribution in [1.29, 1.82) is 0 Å². The number of amides is 4. The predicted molar refractivity (Wildman–Crippen MR) is 117 cm³/mol. The van der Waals surface area contributed by atoms with Crippen LogP contribution >= 0.6 is 15.9 Å². The molecule has 2 aromatic carbocycles. The number of imide groups is 2. The van der Waals surface area contributed by atoms with Crippen LogP contribution in [0.1, 0.15) is 23.6 Å². The number of urea groups is 1. The summed E-state index contributed by atoms with van der Waals surface area (Å²) in [6, 6.07) is 7.94. The molecule has 0 bridgehead atoms. The van der Waals surface area contributed by atoms with Gasteiger partial charge in [-0.2, -0.15) is 0 Å². The number of hydrogen-bond donors (Lipinski definition) is 1. The predicted octanol–water partition coefficient (Wildman–Crippen LogP) is 4.14. The molecule has 1 fully saturated rings. The maximum atomic E-state index is 13.1. The Labute approximate surface area is 182 Å². The number of barbiturate groups is 1. The van der Waals surface area contributed by atoms with Crippen molar-refractivity contribution in [3.63, 3.8) is 0 Å². The Hall–Kier alpha value is -3.13. The fraction of sp³-hybridized carbons (Fsp3) is 0.227. The number of nitrogens with zero attached hydrogens (tertiary/aromatic N) is 1. The van der Waals surface area contributed by atoms with E-state index in [2.05, 4.69) is 21.2 Å². The molecule has 0 spiro atoms. The third kappa shape index (κ3) is 4.23. The van der Waals surface area contributed by atoms with Crippen LogP contribution in [-0.2, 0) is 9.59 Å². The van der Waals surface area contributed by atoms with Gasteiger partial charge in [0.05, 0.1) is 19.4 Å². The number of rotatable bonds is 5. The maximum absolute atomic E-state index is 13.1. The summed E-state index contributed by atoms with van der Waals surface area (Å²) in [6.45, 7) is 6.05. The molecule has 4 amide bonds. The van der Waals surface area contributed by atoms with Crippen LogP contribution in [0.25, 0.3) is 6.08 Å². The number of methoxy groups -OCH3 is 1. The number of ether oxygens (including phenoxy) is 2. The van der Waals surface area contributed by atoms with Crippen molar-refractivity contribution in [2.75, 3.05) is 18.6 Å². The SMILES string of the molecule is CCOc1cc(Br)c(/C=C2\C(=O)NC(=O)N(c3cc(C)cc(C)c3)C2=O)cc1OC. The molecule has 0 saturated carbocycles. The van der Waals surface area contributed by atoms with E-state index in [9.17, 15) is 14.4 Å². The number of anilines is 1. The molecule has 1 aliphatic rings. The van der Waals surface area contributed by atoms with Crippen molar-refractivity contribution in [2.45, 2.75) is 20.8 Å². The van der Waals surface area contributed by atoms with Crippen molar-refractivity contribution in [2.24, 2.45) is 0 Å². The molecule has 2 aromatic rings. The normalized spacial score (nSPS) is 15.4. The van der Waals surface area contributed by atoms with E-state index in [1.165, 1.54) is 13.2 Å². The number of hydrogen-bond acceptors (Lipinski definition) is 5. The van der Waals surface area contributed by atoms with Gasteiger partial charge in [0.2, 0.25) is 0 Å². The number of carbonyl (C=O) groups is 3. The molecule has 1 heterocycles. The van der Waals surface area contributed by atoms with E-state index in [0.29, 0.717) is 33.8 Å². The minimum atomic E-state index is -0.782. The Balaban J connectivity index is 2.07. The molecule has 1 aliphatic heterocycles. The maximum Gasteiger partial charge on any atom is 0.335 e. The average molecular weight is 473 g/mol. The summed E-state index contributed by atoms with van der Waals surface area (Å²) < 4.78 is 11.5. The lowest BCUT2D eigenvalue weighted by atomic mass is 10.0. The van der Waals surface area contributed by atoms with Gasteiger partial charge in [-0.05, 0) is 67.8 Å². The van der Waals surface area contributed by atoms with Crippen LogP contribution in [0.3, 0.4) is 0 Å². The molecule has 0 radical (unpaired) electrons. The first kappa shape index (κ1) is 21.6. The molecule has 0 unspecified atom stereocenters. The van der Waals surface area contributed by atoms with Crippen molar-refractivity contribution < 1.29 is 23.9 Å². The summed E-state index contributed by atoms with van der Waals surface area (Å²) in [5, 5.41) is 2.23. The molecule has 7 nitrogen and oxygen atoms in total. The van der Waals surface area contributed by atoms with E-state index in [-0.39, 0.29) is 5.57 Å². The first-order chi connectivity index (χ1) is 14.2. The van der Waals surface area contributed by atoms with E-state index in [0.717, 1.165) is 16.0 Å². The Morgan fingerprint density at radius 1 is 1.03 bits per heavy atom. The second kappa shape index (κ2) is 8.71. The van der Waals surface area contributed by atoms with E-state index in [1.54, 1.807) is 24.3 Å². The molecule has 8 heteroatoms. The molecule has 30 heavy (non-hydrogen) atoms. The van der Waals surface area contributed by atoms with Gasteiger partial charge in [0.15, 0.2) is 11.5 Å². The van der Waals surface area contributed by atoms with Crippen LogP contribution in [0.2, 0.25) is 0 Å². The van der Waals surface area contributed by atoms with Gasteiger partial charge in [-0.15, -0.1) is 0 Å². The first-order valence-corrected chi connectivity index (χ1v) is 10.0. The second-order valence-electron chi connectivity index (χ2n) is 6.76. The fourth-order valence-electron chi connectivity index (χ4n) is 3.22. The molecular formula is C22H21BrN2O5. The summed E-state index contributed by atoms with van der Waals surface area (Å²) in [5.41, 5.74) is 2.56. The molecule has 1 saturated heterocycles. The number of benzene rings is 2. The van der Waals surface area contributed by atoms with Gasteiger partial charge < -0.3 is 9.47 Å². The number of aryl methyl sites for hydroxylation is 2. The lowest BCUT2D eigenvalue weighted by Gasteiger charge is -2.27. The van der Waals surface area contributed by atoms with Crippen molar-refractivity contribution in [3.05, 3.63) is 57.1 Å². The molecule has 0 atom stereocenters. The minimum Gasteiger partial charge on any atom is -0.493 e. The van der Waals surface area contributed by atoms with Gasteiger partial charge in [-0.25, -0.2) is 9.69 Å². The van der Waals surface area contributed by atoms with Gasteiger partial charge in [0, 0.05) is 4.47 Å². The van der Waals surface area contributed by atoms with Crippen LogP contribution in [0.5, 0.6) is 11.5 Å². The topological polar surface area (TPSA) is 84.9 Å². The van der Waals surface area contributed by atoms with E-state index >= 15 is 0 Å². The highest BCUT2D eigenvalue weighted by atomic mass is 79.9. The van der Waals surface area contributed by atoms with Crippen LogP contribution in [0.4, 0.5) is 10.5 Å². The zero-order valence-electron chi connectivity index (χ0n) is 17.0. The summed E-state index contributed by atoms with van der Waals surface area (Å²) >= 11 is 3.43. The zero-order valence-corrected chi connectivity index (χ0v) is 18.6. The monoisotopic (exact) mass is 472 g/mol. The quantitative estimate of drug-likeness (QED) is 0.521. The summed E-state index contributed by atoms with van der Waals surface area (Å²) in [4.78, 5) is 38.9. The largest absolute Gasteiger partial charge is 0.493 e. The van der Waals surface area contributed by atoms with Gasteiger partial charge >= 0.3 is 6.03 Å². The minimum absolute atomic E-state index is 0.166. The highest BCUT2D eigenvalue weighted by Crippen LogP contribution is 2.35. The van der Waals surface area contributed by atoms with Gasteiger partial charge in [-0.3, -0.25) is 14.9 Å². The smallest absolute Gasteiger partial charge is 0.335 e. The summed E-state index contributed by atoms with van der Waals surface area (Å²) in [6.07, 6.45) is 1.42. The van der Waals surface area contributed by atoms with E-state index in [1.807, 2.05) is 26.8 Å². The number of carbonyl (C=O) groups excluding carboxylic acids is 3. The number of nitrogens with one attached hydrogen (secondary N) is 1. The van der Waals surface area contributed by atoms with Crippen molar-refractivity contribution in [3.8, 4) is 11.5 Å². The molecule has 1 N–H and O–H groups in total. The van der Waals surface area contributed by atoms with Gasteiger partial charge in [0.25, 0.3) is 11.8 Å². The van der Waals surface area contributed by atoms with E-state index < -0.39 is 17.8 Å². The number of halogens is 1. The molecule has 3 rings (SSSR count). The molecular weight excluding hydrogens is 452 g/mol. The highest BCUT2D eigenvalue weighted by molar-refractivity contribution is 9.10. The second-order valence-corrected chi connectivity index (χ2v) is 7.62. The van der Waals surface area contributed by atoms with Crippen molar-refractivity contribution in [1.82, 2.24) is 5.32 Å². The standard InChI is InChI=1S/C22H21BrN2O5/c1-5-30-19-11-17(23)14(10-18(19)29-4)9-16-20(26)24-22(28)25(21(16)27)15-7-12(2)6-13(3)8-15/h6-11H,5H2,1-4H3,(H,24,26,28)/b16-9+. The average Bonchev–Trinajstić information content (AvgIpc) is 2.66. The molecule has 156 valence electrons. The Bertz CT molecular complexity index is 1060. The fourth-order valence-corrected chi connectivity index (χ4v) is 3.65. The summed E-state index contributed by atoms with van der Waals surface area (Å²) in [7, 11) is 1.50. The molecule has 0 aromatic heterocycles. The highest BCUT2D eigenvalue weighted by Gasteiger charge is 2.37. The van der Waals surface area contributed by atoms with Gasteiger partial charge in [-0.1, -0.05) is 22.0 Å². The van der Waals surface area contributed by atoms with E-state index in [4.69, 9.17) is 9.47 Å². The lowest BCUT2D eigenvalue weighted by Crippen LogP contribution is -2.54.